The number of ether oxygens (including phenoxy) is 7. The standard InChI is InChI=1S/C29H45NO11/c1-19(2)10-13-36-27(33)40-23-9-8-22(16-24(23)41-28(34)37-14-11-20(3)4)17-29(30,25(31)35-7)12-15-38-26(32)39-18-21(5)6/h8-9,16,19-21H,10-15,17-18,30H2,1-7H3. The van der Waals surface area contributed by atoms with Gasteiger partial charge in [-0.3, -0.25) is 4.79 Å². The number of benzene rings is 1. The topological polar surface area (TPSA) is 159 Å². The van der Waals surface area contributed by atoms with E-state index in [4.69, 9.17) is 38.9 Å². The minimum atomic E-state index is -1.61. The summed E-state index contributed by atoms with van der Waals surface area (Å²) in [6.45, 7) is 12.0. The SMILES string of the molecule is COC(=O)C(N)(CCOC(=O)OCC(C)C)Cc1ccc(OC(=O)OCCC(C)C)c(OC(=O)OCCC(C)C)c1. The second-order valence-electron chi connectivity index (χ2n) is 10.9. The highest BCUT2D eigenvalue weighted by atomic mass is 16.7. The van der Waals surface area contributed by atoms with Crippen LogP contribution in [0.2, 0.25) is 0 Å². The quantitative estimate of drug-likeness (QED) is 0.150. The molecule has 0 heterocycles. The normalized spacial score (nSPS) is 12.5. The molecule has 0 amide bonds. The summed E-state index contributed by atoms with van der Waals surface area (Å²) in [7, 11) is 1.19. The van der Waals surface area contributed by atoms with Crippen molar-refractivity contribution in [2.24, 2.45) is 23.5 Å². The van der Waals surface area contributed by atoms with E-state index in [1.807, 2.05) is 41.5 Å². The van der Waals surface area contributed by atoms with Gasteiger partial charge in [-0.05, 0) is 48.3 Å². The highest BCUT2D eigenvalue weighted by molar-refractivity contribution is 5.81. The maximum absolute atomic E-state index is 12.6. The molecule has 0 bridgehead atoms. The first kappa shape index (κ1) is 35.5. The number of methoxy groups -OCH3 is 1. The van der Waals surface area contributed by atoms with Crippen molar-refractivity contribution in [2.75, 3.05) is 33.5 Å². The number of esters is 1. The Morgan fingerprint density at radius 2 is 1.27 bits per heavy atom. The van der Waals surface area contributed by atoms with Crippen molar-refractivity contribution in [1.82, 2.24) is 0 Å². The van der Waals surface area contributed by atoms with Gasteiger partial charge >= 0.3 is 24.4 Å². The number of carbonyl (C=O) groups is 4. The fourth-order valence-corrected chi connectivity index (χ4v) is 3.24. The van der Waals surface area contributed by atoms with E-state index >= 15 is 0 Å². The van der Waals surface area contributed by atoms with Crippen LogP contribution in [0, 0.1) is 17.8 Å². The van der Waals surface area contributed by atoms with Crippen LogP contribution >= 0.6 is 0 Å². The number of rotatable bonds is 16. The molecule has 1 rings (SSSR count). The van der Waals surface area contributed by atoms with E-state index in [-0.39, 0.29) is 56.7 Å². The van der Waals surface area contributed by atoms with Gasteiger partial charge in [0.2, 0.25) is 0 Å². The molecule has 0 spiro atoms. The van der Waals surface area contributed by atoms with E-state index in [0.29, 0.717) is 30.2 Å². The molecular weight excluding hydrogens is 538 g/mol. The second-order valence-corrected chi connectivity index (χ2v) is 10.9. The Kier molecular flexibility index (Phi) is 15.6. The van der Waals surface area contributed by atoms with Crippen LogP contribution in [0.5, 0.6) is 11.5 Å². The van der Waals surface area contributed by atoms with Crippen molar-refractivity contribution >= 4 is 24.4 Å². The van der Waals surface area contributed by atoms with Gasteiger partial charge in [0.15, 0.2) is 11.5 Å². The molecule has 0 aliphatic carbocycles. The number of carbonyl (C=O) groups excluding carboxylic acids is 4. The minimum Gasteiger partial charge on any atom is -0.468 e. The van der Waals surface area contributed by atoms with Crippen LogP contribution in [-0.2, 0) is 34.9 Å². The van der Waals surface area contributed by atoms with Gasteiger partial charge in [0.25, 0.3) is 0 Å². The second kappa shape index (κ2) is 18.0. The number of hydrogen-bond acceptors (Lipinski definition) is 12. The Morgan fingerprint density at radius 3 is 1.78 bits per heavy atom. The zero-order chi connectivity index (χ0) is 31.0. The smallest absolute Gasteiger partial charge is 0.468 e. The van der Waals surface area contributed by atoms with Crippen molar-refractivity contribution in [3.63, 3.8) is 0 Å². The Balaban J connectivity index is 3.09. The molecule has 232 valence electrons. The molecule has 0 saturated heterocycles. The third-order valence-corrected chi connectivity index (χ3v) is 5.64. The van der Waals surface area contributed by atoms with E-state index in [1.165, 1.54) is 25.3 Å². The molecule has 0 aromatic heterocycles. The molecule has 1 aromatic rings. The first-order chi connectivity index (χ1) is 19.2. The average molecular weight is 584 g/mol. The first-order valence-electron chi connectivity index (χ1n) is 13.7. The molecular formula is C29H45NO11. The van der Waals surface area contributed by atoms with Crippen LogP contribution < -0.4 is 15.2 Å². The Bertz CT molecular complexity index is 993. The van der Waals surface area contributed by atoms with Crippen LogP contribution in [0.3, 0.4) is 0 Å². The molecule has 1 aromatic carbocycles. The lowest BCUT2D eigenvalue weighted by atomic mass is 9.88. The summed E-state index contributed by atoms with van der Waals surface area (Å²) < 4.78 is 35.7. The van der Waals surface area contributed by atoms with E-state index in [9.17, 15) is 19.2 Å². The monoisotopic (exact) mass is 583 g/mol. The Labute approximate surface area is 242 Å². The lowest BCUT2D eigenvalue weighted by molar-refractivity contribution is -0.147. The Hall–Kier alpha value is -3.54. The average Bonchev–Trinajstić information content (AvgIpc) is 2.88. The van der Waals surface area contributed by atoms with Crippen molar-refractivity contribution in [1.29, 1.82) is 0 Å². The largest absolute Gasteiger partial charge is 0.513 e. The molecule has 0 aliphatic heterocycles. The Morgan fingerprint density at radius 1 is 0.732 bits per heavy atom. The molecule has 12 heteroatoms. The van der Waals surface area contributed by atoms with E-state index in [0.717, 1.165) is 0 Å². The number of hydrogen-bond donors (Lipinski definition) is 1. The van der Waals surface area contributed by atoms with Crippen molar-refractivity contribution in [2.45, 2.75) is 72.8 Å². The van der Waals surface area contributed by atoms with E-state index in [2.05, 4.69) is 0 Å². The summed E-state index contributed by atoms with van der Waals surface area (Å²) in [6, 6.07) is 4.31. The lowest BCUT2D eigenvalue weighted by Gasteiger charge is -2.26. The molecule has 0 aliphatic rings. The summed E-state index contributed by atoms with van der Waals surface area (Å²) in [5.41, 5.74) is 5.22. The predicted molar refractivity (Wildman–Crippen MR) is 149 cm³/mol. The summed E-state index contributed by atoms with van der Waals surface area (Å²) in [4.78, 5) is 49.0. The third-order valence-electron chi connectivity index (χ3n) is 5.64. The molecule has 41 heavy (non-hydrogen) atoms. The maximum Gasteiger partial charge on any atom is 0.513 e. The third kappa shape index (κ3) is 14.6. The van der Waals surface area contributed by atoms with Crippen molar-refractivity contribution in [3.8, 4) is 11.5 Å². The molecule has 2 N–H and O–H groups in total. The van der Waals surface area contributed by atoms with Crippen LogP contribution in [0.4, 0.5) is 14.4 Å². The zero-order valence-electron chi connectivity index (χ0n) is 25.2. The summed E-state index contributed by atoms with van der Waals surface area (Å²) >= 11 is 0. The highest BCUT2D eigenvalue weighted by Crippen LogP contribution is 2.31. The van der Waals surface area contributed by atoms with Gasteiger partial charge in [0.1, 0.15) is 5.54 Å². The summed E-state index contributed by atoms with van der Waals surface area (Å²) in [5.74, 6) is -0.225. The van der Waals surface area contributed by atoms with Crippen LogP contribution in [0.15, 0.2) is 18.2 Å². The molecule has 1 unspecified atom stereocenters. The van der Waals surface area contributed by atoms with Crippen molar-refractivity contribution in [3.05, 3.63) is 23.8 Å². The van der Waals surface area contributed by atoms with Gasteiger partial charge in [0, 0.05) is 12.8 Å². The molecule has 0 radical (unpaired) electrons. The van der Waals surface area contributed by atoms with Crippen molar-refractivity contribution < 1.29 is 52.3 Å². The number of nitrogens with two attached hydrogens (primary N) is 1. The molecule has 12 nitrogen and oxygen atoms in total. The minimum absolute atomic E-state index is 0.0929. The van der Waals surface area contributed by atoms with E-state index < -0.39 is 30.0 Å². The predicted octanol–water partition coefficient (Wildman–Crippen LogP) is 5.42. The van der Waals surface area contributed by atoms with Gasteiger partial charge in [-0.2, -0.15) is 0 Å². The lowest BCUT2D eigenvalue weighted by Crippen LogP contribution is -2.51. The van der Waals surface area contributed by atoms with Crippen LogP contribution in [0.25, 0.3) is 0 Å². The zero-order valence-corrected chi connectivity index (χ0v) is 25.2. The van der Waals surface area contributed by atoms with E-state index in [1.54, 1.807) is 0 Å². The summed E-state index contributed by atoms with van der Waals surface area (Å²) in [6.07, 6.45) is -1.76. The summed E-state index contributed by atoms with van der Waals surface area (Å²) in [5, 5.41) is 0. The fraction of sp³-hybridized carbons (Fsp3) is 0.655. The van der Waals surface area contributed by atoms with Gasteiger partial charge in [-0.25, -0.2) is 14.4 Å². The van der Waals surface area contributed by atoms with Gasteiger partial charge in [-0.1, -0.05) is 47.6 Å². The van der Waals surface area contributed by atoms with Crippen LogP contribution in [0.1, 0.15) is 66.4 Å². The highest BCUT2D eigenvalue weighted by Gasteiger charge is 2.36. The molecule has 0 saturated carbocycles. The molecule has 0 fully saturated rings. The molecule has 1 atom stereocenters. The first-order valence-corrected chi connectivity index (χ1v) is 13.7. The maximum atomic E-state index is 12.6. The fourth-order valence-electron chi connectivity index (χ4n) is 3.24. The van der Waals surface area contributed by atoms with Gasteiger partial charge in [0.05, 0.1) is 33.5 Å². The van der Waals surface area contributed by atoms with Gasteiger partial charge < -0.3 is 38.9 Å². The van der Waals surface area contributed by atoms with Gasteiger partial charge in [-0.15, -0.1) is 0 Å². The van der Waals surface area contributed by atoms with Crippen LogP contribution in [-0.4, -0.2) is 63.5 Å².